The molecule has 1 aliphatic rings. The number of hydrogen-bond donors (Lipinski definition) is 1. The number of anilines is 1. The molecule has 2 atom stereocenters. The van der Waals surface area contributed by atoms with Crippen molar-refractivity contribution in [2.75, 3.05) is 25.0 Å². The van der Waals surface area contributed by atoms with E-state index in [9.17, 15) is 9.18 Å². The first-order valence-corrected chi connectivity index (χ1v) is 7.71. The minimum atomic E-state index is -0.473. The van der Waals surface area contributed by atoms with Crippen LogP contribution in [0.15, 0.2) is 12.3 Å². The number of likely N-dealkylation sites (tertiary alicyclic amines) is 1. The first-order chi connectivity index (χ1) is 10.0. The molecule has 0 bridgehead atoms. The summed E-state index contributed by atoms with van der Waals surface area (Å²) in [6, 6.07) is 1.29. The maximum absolute atomic E-state index is 13.5. The summed E-state index contributed by atoms with van der Waals surface area (Å²) in [5.74, 6) is 0.973. The fourth-order valence-electron chi connectivity index (χ4n) is 2.60. The molecule has 1 aromatic rings. The quantitative estimate of drug-likeness (QED) is 0.927. The van der Waals surface area contributed by atoms with Crippen LogP contribution in [0.5, 0.6) is 0 Å². The Morgan fingerprint density at radius 1 is 1.48 bits per heavy atom. The van der Waals surface area contributed by atoms with Crippen molar-refractivity contribution < 1.29 is 9.18 Å². The topological polar surface area (TPSA) is 45.2 Å². The van der Waals surface area contributed by atoms with E-state index in [0.717, 1.165) is 32.1 Å². The SMILES string of the molecule is CCCNc1ncc(F)cc1C(=O)N1CCC(C)C(C)C1. The Morgan fingerprint density at radius 2 is 2.24 bits per heavy atom. The second-order valence-corrected chi connectivity index (χ2v) is 5.97. The van der Waals surface area contributed by atoms with E-state index in [0.29, 0.717) is 29.8 Å². The number of nitrogens with one attached hydrogen (secondary N) is 1. The van der Waals surface area contributed by atoms with E-state index in [1.165, 1.54) is 6.07 Å². The summed E-state index contributed by atoms with van der Waals surface area (Å²) in [5, 5.41) is 3.10. The highest BCUT2D eigenvalue weighted by atomic mass is 19.1. The van der Waals surface area contributed by atoms with Gasteiger partial charge in [0.15, 0.2) is 0 Å². The first-order valence-electron chi connectivity index (χ1n) is 7.71. The number of rotatable bonds is 4. The molecule has 0 aromatic carbocycles. The number of nitrogens with zero attached hydrogens (tertiary/aromatic N) is 2. The normalized spacial score (nSPS) is 22.2. The summed E-state index contributed by atoms with van der Waals surface area (Å²) in [7, 11) is 0. The number of hydrogen-bond acceptors (Lipinski definition) is 3. The fraction of sp³-hybridized carbons (Fsp3) is 0.625. The monoisotopic (exact) mass is 293 g/mol. The van der Waals surface area contributed by atoms with E-state index in [4.69, 9.17) is 0 Å². The zero-order valence-electron chi connectivity index (χ0n) is 13.0. The maximum atomic E-state index is 13.5. The number of carbonyl (C=O) groups is 1. The molecule has 0 spiro atoms. The Labute approximate surface area is 125 Å². The molecule has 0 aliphatic carbocycles. The molecule has 2 heterocycles. The van der Waals surface area contributed by atoms with Crippen molar-refractivity contribution in [1.82, 2.24) is 9.88 Å². The third-order valence-electron chi connectivity index (χ3n) is 4.25. The number of piperidine rings is 1. The van der Waals surface area contributed by atoms with Gasteiger partial charge >= 0.3 is 0 Å². The predicted molar refractivity (Wildman–Crippen MR) is 81.8 cm³/mol. The highest BCUT2D eigenvalue weighted by Gasteiger charge is 2.28. The van der Waals surface area contributed by atoms with Gasteiger partial charge < -0.3 is 10.2 Å². The molecule has 2 rings (SSSR count). The van der Waals surface area contributed by atoms with E-state index >= 15 is 0 Å². The second-order valence-electron chi connectivity index (χ2n) is 5.97. The Bertz CT molecular complexity index is 506. The predicted octanol–water partition coefficient (Wildman–Crippen LogP) is 3.16. The molecular weight excluding hydrogens is 269 g/mol. The molecule has 21 heavy (non-hydrogen) atoms. The second kappa shape index (κ2) is 6.87. The van der Waals surface area contributed by atoms with Gasteiger partial charge in [-0.25, -0.2) is 9.37 Å². The molecule has 1 aliphatic heterocycles. The van der Waals surface area contributed by atoms with Crippen LogP contribution in [0.3, 0.4) is 0 Å². The van der Waals surface area contributed by atoms with E-state index < -0.39 is 5.82 Å². The Balaban J connectivity index is 2.19. The van der Waals surface area contributed by atoms with Gasteiger partial charge in [0, 0.05) is 19.6 Å². The van der Waals surface area contributed by atoms with Crippen LogP contribution in [0, 0.1) is 17.7 Å². The van der Waals surface area contributed by atoms with Crippen LogP contribution in [-0.4, -0.2) is 35.4 Å². The van der Waals surface area contributed by atoms with Crippen LogP contribution in [0.2, 0.25) is 0 Å². The number of amides is 1. The van der Waals surface area contributed by atoms with Gasteiger partial charge in [-0.05, 0) is 30.7 Å². The molecule has 116 valence electrons. The minimum Gasteiger partial charge on any atom is -0.369 e. The van der Waals surface area contributed by atoms with E-state index in [1.54, 1.807) is 0 Å². The van der Waals surface area contributed by atoms with Crippen molar-refractivity contribution in [3.05, 3.63) is 23.6 Å². The minimum absolute atomic E-state index is 0.126. The molecule has 0 saturated carbocycles. The fourth-order valence-corrected chi connectivity index (χ4v) is 2.60. The zero-order valence-corrected chi connectivity index (χ0v) is 13.0. The largest absolute Gasteiger partial charge is 0.369 e. The number of halogens is 1. The van der Waals surface area contributed by atoms with Gasteiger partial charge in [-0.3, -0.25) is 4.79 Å². The van der Waals surface area contributed by atoms with Crippen LogP contribution in [-0.2, 0) is 0 Å². The van der Waals surface area contributed by atoms with Crippen LogP contribution < -0.4 is 5.32 Å². The number of carbonyl (C=O) groups excluding carboxylic acids is 1. The Morgan fingerprint density at radius 3 is 2.90 bits per heavy atom. The van der Waals surface area contributed by atoms with E-state index in [-0.39, 0.29) is 5.91 Å². The third kappa shape index (κ3) is 3.71. The lowest BCUT2D eigenvalue weighted by Crippen LogP contribution is -2.42. The standard InChI is InChI=1S/C16H24FN3O/c1-4-6-18-15-14(8-13(17)9-19-15)16(21)20-7-5-11(2)12(3)10-20/h8-9,11-12H,4-7,10H2,1-3H3,(H,18,19). The lowest BCUT2D eigenvalue weighted by molar-refractivity contribution is 0.0627. The molecule has 1 saturated heterocycles. The van der Waals surface area contributed by atoms with Crippen LogP contribution in [0.1, 0.15) is 44.0 Å². The van der Waals surface area contributed by atoms with E-state index in [2.05, 4.69) is 24.1 Å². The first kappa shape index (κ1) is 15.7. The molecular formula is C16H24FN3O. The number of aromatic nitrogens is 1. The number of pyridine rings is 1. The molecule has 5 heteroatoms. The van der Waals surface area contributed by atoms with Crippen LogP contribution >= 0.6 is 0 Å². The molecule has 0 radical (unpaired) electrons. The van der Waals surface area contributed by atoms with Crippen molar-refractivity contribution in [3.63, 3.8) is 0 Å². The maximum Gasteiger partial charge on any atom is 0.257 e. The molecule has 1 aromatic heterocycles. The lowest BCUT2D eigenvalue weighted by atomic mass is 9.88. The van der Waals surface area contributed by atoms with Gasteiger partial charge in [-0.15, -0.1) is 0 Å². The van der Waals surface area contributed by atoms with Crippen molar-refractivity contribution in [2.45, 2.75) is 33.6 Å². The summed E-state index contributed by atoms with van der Waals surface area (Å²) in [5.41, 5.74) is 0.338. The van der Waals surface area contributed by atoms with Crippen LogP contribution in [0.25, 0.3) is 0 Å². The molecule has 1 amide bonds. The lowest BCUT2D eigenvalue weighted by Gasteiger charge is -2.35. The summed E-state index contributed by atoms with van der Waals surface area (Å²) in [6.45, 7) is 8.57. The van der Waals surface area contributed by atoms with Crippen molar-refractivity contribution >= 4 is 11.7 Å². The van der Waals surface area contributed by atoms with Gasteiger partial charge in [0.2, 0.25) is 0 Å². The molecule has 1 fully saturated rings. The summed E-state index contributed by atoms with van der Waals surface area (Å²) in [6.07, 6.45) is 3.06. The molecule has 4 nitrogen and oxygen atoms in total. The Hall–Kier alpha value is -1.65. The Kier molecular flexibility index (Phi) is 5.15. The summed E-state index contributed by atoms with van der Waals surface area (Å²) < 4.78 is 13.5. The van der Waals surface area contributed by atoms with Gasteiger partial charge in [-0.1, -0.05) is 20.8 Å². The van der Waals surface area contributed by atoms with Crippen LogP contribution in [0.4, 0.5) is 10.2 Å². The molecule has 2 unspecified atom stereocenters. The summed E-state index contributed by atoms with van der Waals surface area (Å²) in [4.78, 5) is 18.5. The average molecular weight is 293 g/mol. The molecule has 1 N–H and O–H groups in total. The van der Waals surface area contributed by atoms with Gasteiger partial charge in [0.25, 0.3) is 5.91 Å². The third-order valence-corrected chi connectivity index (χ3v) is 4.25. The van der Waals surface area contributed by atoms with Gasteiger partial charge in [0.1, 0.15) is 11.6 Å². The zero-order chi connectivity index (χ0) is 15.4. The highest BCUT2D eigenvalue weighted by molar-refractivity contribution is 5.98. The van der Waals surface area contributed by atoms with Crippen molar-refractivity contribution in [3.8, 4) is 0 Å². The van der Waals surface area contributed by atoms with Crippen molar-refractivity contribution in [2.24, 2.45) is 11.8 Å². The van der Waals surface area contributed by atoms with Gasteiger partial charge in [-0.2, -0.15) is 0 Å². The van der Waals surface area contributed by atoms with Crippen molar-refractivity contribution in [1.29, 1.82) is 0 Å². The van der Waals surface area contributed by atoms with E-state index in [1.807, 2.05) is 11.8 Å². The summed E-state index contributed by atoms with van der Waals surface area (Å²) >= 11 is 0. The smallest absolute Gasteiger partial charge is 0.257 e. The highest BCUT2D eigenvalue weighted by Crippen LogP contribution is 2.25. The average Bonchev–Trinajstić information content (AvgIpc) is 2.48. The van der Waals surface area contributed by atoms with Gasteiger partial charge in [0.05, 0.1) is 11.8 Å².